The molecule has 3 amide bonds. The molecule has 1 aromatic carbocycles. The SMILES string of the molecule is Cc1cc(C(=O)COC(=O)c2ccc(CN3C(=O)CNC3=O)cc2)c(C)[nH]1. The zero-order valence-corrected chi connectivity index (χ0v) is 15.0. The number of carbonyl (C=O) groups is 4. The van der Waals surface area contributed by atoms with Crippen molar-refractivity contribution in [2.75, 3.05) is 13.2 Å². The number of nitrogens with zero attached hydrogens (tertiary/aromatic N) is 1. The lowest BCUT2D eigenvalue weighted by molar-refractivity contribution is -0.125. The summed E-state index contributed by atoms with van der Waals surface area (Å²) in [7, 11) is 0. The smallest absolute Gasteiger partial charge is 0.338 e. The Morgan fingerprint density at radius 2 is 1.85 bits per heavy atom. The third-order valence-electron chi connectivity index (χ3n) is 4.25. The first-order valence-corrected chi connectivity index (χ1v) is 8.39. The summed E-state index contributed by atoms with van der Waals surface area (Å²) < 4.78 is 5.08. The highest BCUT2D eigenvalue weighted by Crippen LogP contribution is 2.13. The number of ketones is 1. The first kappa shape index (κ1) is 18.4. The van der Waals surface area contributed by atoms with Crippen LogP contribution in [0.5, 0.6) is 0 Å². The molecule has 0 unspecified atom stereocenters. The van der Waals surface area contributed by atoms with Gasteiger partial charge in [0.25, 0.3) is 0 Å². The molecule has 0 saturated carbocycles. The third-order valence-corrected chi connectivity index (χ3v) is 4.25. The molecule has 1 saturated heterocycles. The lowest BCUT2D eigenvalue weighted by Gasteiger charge is -2.12. The maximum absolute atomic E-state index is 12.2. The van der Waals surface area contributed by atoms with E-state index in [1.54, 1.807) is 25.1 Å². The van der Waals surface area contributed by atoms with E-state index in [0.29, 0.717) is 11.1 Å². The van der Waals surface area contributed by atoms with Gasteiger partial charge in [0.05, 0.1) is 18.7 Å². The van der Waals surface area contributed by atoms with Crippen LogP contribution in [-0.2, 0) is 16.1 Å². The van der Waals surface area contributed by atoms with E-state index in [1.807, 2.05) is 6.92 Å². The number of aromatic amines is 1. The van der Waals surface area contributed by atoms with Gasteiger partial charge in [-0.3, -0.25) is 14.5 Å². The lowest BCUT2D eigenvalue weighted by atomic mass is 10.1. The van der Waals surface area contributed by atoms with Crippen LogP contribution in [0.15, 0.2) is 30.3 Å². The van der Waals surface area contributed by atoms with Crippen molar-refractivity contribution >= 4 is 23.7 Å². The van der Waals surface area contributed by atoms with Crippen molar-refractivity contribution in [3.63, 3.8) is 0 Å². The number of amides is 3. The second-order valence-electron chi connectivity index (χ2n) is 6.33. The number of nitrogens with one attached hydrogen (secondary N) is 2. The summed E-state index contributed by atoms with van der Waals surface area (Å²) in [5.41, 5.74) is 3.09. The molecule has 0 atom stereocenters. The molecular formula is C19H19N3O5. The molecule has 140 valence electrons. The highest BCUT2D eigenvalue weighted by molar-refractivity contribution is 6.02. The van der Waals surface area contributed by atoms with Crippen LogP contribution in [0.1, 0.15) is 37.7 Å². The Labute approximate surface area is 155 Å². The average Bonchev–Trinajstić information content (AvgIpc) is 3.15. The van der Waals surface area contributed by atoms with Gasteiger partial charge in [0.1, 0.15) is 0 Å². The zero-order valence-electron chi connectivity index (χ0n) is 15.0. The summed E-state index contributed by atoms with van der Waals surface area (Å²) >= 11 is 0. The number of rotatable bonds is 6. The molecule has 0 aliphatic carbocycles. The highest BCUT2D eigenvalue weighted by atomic mass is 16.5. The maximum Gasteiger partial charge on any atom is 0.338 e. The van der Waals surface area contributed by atoms with Crippen molar-refractivity contribution in [2.24, 2.45) is 0 Å². The van der Waals surface area contributed by atoms with Crippen molar-refractivity contribution in [3.8, 4) is 0 Å². The molecule has 8 nitrogen and oxygen atoms in total. The van der Waals surface area contributed by atoms with Crippen LogP contribution in [0, 0.1) is 13.8 Å². The molecule has 2 N–H and O–H groups in total. The van der Waals surface area contributed by atoms with Crippen molar-refractivity contribution in [1.29, 1.82) is 0 Å². The second kappa shape index (κ2) is 7.45. The Kier molecular flexibility index (Phi) is 5.07. The summed E-state index contributed by atoms with van der Waals surface area (Å²) in [6.07, 6.45) is 0. The van der Waals surface area contributed by atoms with E-state index >= 15 is 0 Å². The molecule has 3 rings (SSSR count). The molecule has 0 spiro atoms. The number of hydrogen-bond donors (Lipinski definition) is 2. The van der Waals surface area contributed by atoms with E-state index in [-0.39, 0.29) is 37.0 Å². The van der Waals surface area contributed by atoms with Gasteiger partial charge < -0.3 is 15.0 Å². The van der Waals surface area contributed by atoms with E-state index in [2.05, 4.69) is 10.3 Å². The Hall–Kier alpha value is -3.42. The van der Waals surface area contributed by atoms with Gasteiger partial charge in [-0.1, -0.05) is 12.1 Å². The minimum Gasteiger partial charge on any atom is -0.454 e. The first-order valence-electron chi connectivity index (χ1n) is 8.39. The molecule has 0 radical (unpaired) electrons. The van der Waals surface area contributed by atoms with Gasteiger partial charge in [-0.15, -0.1) is 0 Å². The summed E-state index contributed by atoms with van der Waals surface area (Å²) in [6, 6.07) is 7.63. The third kappa shape index (κ3) is 4.05. The summed E-state index contributed by atoms with van der Waals surface area (Å²) in [5, 5.41) is 2.44. The maximum atomic E-state index is 12.2. The number of urea groups is 1. The minimum atomic E-state index is -0.616. The van der Waals surface area contributed by atoms with Crippen LogP contribution in [-0.4, -0.2) is 46.7 Å². The Morgan fingerprint density at radius 1 is 1.15 bits per heavy atom. The topological polar surface area (TPSA) is 109 Å². The van der Waals surface area contributed by atoms with Gasteiger partial charge in [-0.05, 0) is 37.6 Å². The Bertz CT molecular complexity index is 898. The highest BCUT2D eigenvalue weighted by Gasteiger charge is 2.28. The largest absolute Gasteiger partial charge is 0.454 e. The lowest BCUT2D eigenvalue weighted by Crippen LogP contribution is -2.30. The fraction of sp³-hybridized carbons (Fsp3) is 0.263. The summed E-state index contributed by atoms with van der Waals surface area (Å²) in [5.74, 6) is -1.19. The number of hydrogen-bond acceptors (Lipinski definition) is 5. The molecule has 2 heterocycles. The van der Waals surface area contributed by atoms with Gasteiger partial charge in [0, 0.05) is 17.0 Å². The number of ether oxygens (including phenoxy) is 1. The predicted molar refractivity (Wildman–Crippen MR) is 95.3 cm³/mol. The number of H-pyrrole nitrogens is 1. The Balaban J connectivity index is 1.57. The quantitative estimate of drug-likeness (QED) is 0.458. The minimum absolute atomic E-state index is 0.00257. The molecule has 1 aliphatic rings. The summed E-state index contributed by atoms with van der Waals surface area (Å²) in [4.78, 5) is 51.5. The van der Waals surface area contributed by atoms with Crippen LogP contribution < -0.4 is 5.32 Å². The standard InChI is InChI=1S/C19H19N3O5/c1-11-7-15(12(2)21-11)16(23)10-27-18(25)14-5-3-13(4-6-14)9-22-17(24)8-20-19(22)26/h3-7,21H,8-10H2,1-2H3,(H,20,26). The fourth-order valence-electron chi connectivity index (χ4n) is 2.85. The molecule has 8 heteroatoms. The van der Waals surface area contributed by atoms with Gasteiger partial charge in [-0.25, -0.2) is 9.59 Å². The van der Waals surface area contributed by atoms with Gasteiger partial charge in [0.2, 0.25) is 11.7 Å². The van der Waals surface area contributed by atoms with E-state index < -0.39 is 12.0 Å². The zero-order chi connectivity index (χ0) is 19.6. The molecular weight excluding hydrogens is 350 g/mol. The number of aryl methyl sites for hydroxylation is 2. The van der Waals surface area contributed by atoms with E-state index in [9.17, 15) is 19.2 Å². The van der Waals surface area contributed by atoms with Gasteiger partial charge in [-0.2, -0.15) is 0 Å². The van der Waals surface area contributed by atoms with Crippen LogP contribution >= 0.6 is 0 Å². The predicted octanol–water partition coefficient (Wildman–Crippen LogP) is 1.72. The molecule has 27 heavy (non-hydrogen) atoms. The average molecular weight is 369 g/mol. The van der Waals surface area contributed by atoms with E-state index in [0.717, 1.165) is 16.3 Å². The van der Waals surface area contributed by atoms with Crippen LogP contribution in [0.3, 0.4) is 0 Å². The van der Waals surface area contributed by atoms with Crippen molar-refractivity contribution in [1.82, 2.24) is 15.2 Å². The second-order valence-corrected chi connectivity index (χ2v) is 6.33. The fourth-order valence-corrected chi connectivity index (χ4v) is 2.85. The number of aromatic nitrogens is 1. The molecule has 0 bridgehead atoms. The monoisotopic (exact) mass is 369 g/mol. The van der Waals surface area contributed by atoms with Crippen LogP contribution in [0.4, 0.5) is 4.79 Å². The van der Waals surface area contributed by atoms with Crippen molar-refractivity contribution < 1.29 is 23.9 Å². The van der Waals surface area contributed by atoms with Crippen molar-refractivity contribution in [2.45, 2.75) is 20.4 Å². The molecule has 1 aliphatic heterocycles. The number of imide groups is 1. The molecule has 2 aromatic rings. The first-order chi connectivity index (χ1) is 12.8. The normalized spacial score (nSPS) is 13.6. The number of Topliss-reactive ketones (excluding diaryl/α,β-unsaturated/α-hetero) is 1. The van der Waals surface area contributed by atoms with Crippen LogP contribution in [0.2, 0.25) is 0 Å². The van der Waals surface area contributed by atoms with E-state index in [1.165, 1.54) is 12.1 Å². The molecule has 1 fully saturated rings. The van der Waals surface area contributed by atoms with E-state index in [4.69, 9.17) is 4.74 Å². The van der Waals surface area contributed by atoms with Gasteiger partial charge >= 0.3 is 12.0 Å². The van der Waals surface area contributed by atoms with Gasteiger partial charge in [0.15, 0.2) is 6.61 Å². The number of benzene rings is 1. The summed E-state index contributed by atoms with van der Waals surface area (Å²) in [6.45, 7) is 3.41. The van der Waals surface area contributed by atoms with Crippen molar-refractivity contribution in [3.05, 3.63) is 58.4 Å². The molecule has 1 aromatic heterocycles. The Morgan fingerprint density at radius 3 is 2.41 bits per heavy atom. The number of carbonyl (C=O) groups excluding carboxylic acids is 4. The van der Waals surface area contributed by atoms with Crippen LogP contribution in [0.25, 0.3) is 0 Å². The number of esters is 1.